The number of nitro benzene ring substituents is 1. The summed E-state index contributed by atoms with van der Waals surface area (Å²) in [5.41, 5.74) is 2.09. The first-order valence-corrected chi connectivity index (χ1v) is 6.48. The second-order valence-electron chi connectivity index (χ2n) is 4.71. The van der Waals surface area contributed by atoms with E-state index in [1.54, 1.807) is 6.20 Å². The third-order valence-corrected chi connectivity index (χ3v) is 3.14. The second-order valence-corrected chi connectivity index (χ2v) is 4.71. The van der Waals surface area contributed by atoms with Crippen molar-refractivity contribution in [2.45, 2.75) is 26.6 Å². The van der Waals surface area contributed by atoms with Crippen LogP contribution in [0.5, 0.6) is 5.75 Å². The molecule has 0 spiro atoms. The third kappa shape index (κ3) is 3.55. The number of aliphatic hydroxyl groups is 1. The Morgan fingerprint density at radius 2 is 2.19 bits per heavy atom. The van der Waals surface area contributed by atoms with E-state index in [1.165, 1.54) is 25.1 Å². The van der Waals surface area contributed by atoms with Gasteiger partial charge in [-0.2, -0.15) is 0 Å². The fourth-order valence-corrected chi connectivity index (χ4v) is 1.92. The molecule has 6 nitrogen and oxygen atoms in total. The van der Waals surface area contributed by atoms with E-state index in [4.69, 9.17) is 4.74 Å². The maximum Gasteiger partial charge on any atom is 0.270 e. The van der Waals surface area contributed by atoms with Crippen molar-refractivity contribution in [3.63, 3.8) is 0 Å². The number of hydrogen-bond donors (Lipinski definition) is 1. The first-order chi connectivity index (χ1) is 9.99. The highest BCUT2D eigenvalue weighted by Gasteiger charge is 2.15. The Labute approximate surface area is 122 Å². The lowest BCUT2D eigenvalue weighted by Crippen LogP contribution is -2.04. The van der Waals surface area contributed by atoms with Crippen LogP contribution in [0.15, 0.2) is 36.5 Å². The third-order valence-electron chi connectivity index (χ3n) is 3.14. The maximum absolute atomic E-state index is 10.8. The average molecular weight is 288 g/mol. The van der Waals surface area contributed by atoms with Crippen LogP contribution in [-0.4, -0.2) is 15.0 Å². The number of non-ortho nitro benzene ring substituents is 1. The fraction of sp³-hybridized carbons (Fsp3) is 0.267. The van der Waals surface area contributed by atoms with Crippen LogP contribution in [-0.2, 0) is 6.61 Å². The van der Waals surface area contributed by atoms with Crippen molar-refractivity contribution in [3.05, 3.63) is 63.5 Å². The van der Waals surface area contributed by atoms with E-state index >= 15 is 0 Å². The van der Waals surface area contributed by atoms with E-state index in [0.29, 0.717) is 11.3 Å². The van der Waals surface area contributed by atoms with E-state index in [0.717, 1.165) is 11.3 Å². The van der Waals surface area contributed by atoms with Gasteiger partial charge in [-0.25, -0.2) is 0 Å². The number of aromatic nitrogens is 1. The Morgan fingerprint density at radius 1 is 1.43 bits per heavy atom. The summed E-state index contributed by atoms with van der Waals surface area (Å²) in [6.07, 6.45) is 0.821. The molecule has 2 rings (SSSR count). The molecule has 0 saturated heterocycles. The minimum atomic E-state index is -0.857. The van der Waals surface area contributed by atoms with Gasteiger partial charge in [0, 0.05) is 23.9 Å². The molecular formula is C15H16N2O4. The Morgan fingerprint density at radius 3 is 2.81 bits per heavy atom. The number of rotatable bonds is 5. The largest absolute Gasteiger partial charge is 0.487 e. The number of aryl methyl sites for hydroxylation is 1. The van der Waals surface area contributed by atoms with E-state index in [2.05, 4.69) is 4.98 Å². The second kappa shape index (κ2) is 6.32. The lowest BCUT2D eigenvalue weighted by molar-refractivity contribution is -0.385. The molecule has 110 valence electrons. The van der Waals surface area contributed by atoms with Crippen LogP contribution in [0.2, 0.25) is 0 Å². The van der Waals surface area contributed by atoms with Gasteiger partial charge >= 0.3 is 0 Å². The zero-order valence-corrected chi connectivity index (χ0v) is 11.8. The summed E-state index contributed by atoms with van der Waals surface area (Å²) in [5, 5.41) is 20.5. The summed E-state index contributed by atoms with van der Waals surface area (Å²) >= 11 is 0. The van der Waals surface area contributed by atoms with Gasteiger partial charge in [0.15, 0.2) is 0 Å². The number of pyridine rings is 1. The number of benzene rings is 1. The fourth-order valence-electron chi connectivity index (χ4n) is 1.92. The Bertz CT molecular complexity index is 656. The Kier molecular flexibility index (Phi) is 4.49. The van der Waals surface area contributed by atoms with Gasteiger partial charge in [-0.15, -0.1) is 0 Å². The van der Waals surface area contributed by atoms with Crippen molar-refractivity contribution in [2.24, 2.45) is 0 Å². The zero-order valence-electron chi connectivity index (χ0n) is 11.8. The topological polar surface area (TPSA) is 85.5 Å². The smallest absolute Gasteiger partial charge is 0.270 e. The van der Waals surface area contributed by atoms with Gasteiger partial charge < -0.3 is 9.84 Å². The predicted octanol–water partition coefficient (Wildman–Crippen LogP) is 2.93. The van der Waals surface area contributed by atoms with Crippen LogP contribution in [0.25, 0.3) is 0 Å². The monoisotopic (exact) mass is 288 g/mol. The number of hydrogen-bond acceptors (Lipinski definition) is 5. The highest BCUT2D eigenvalue weighted by molar-refractivity contribution is 5.44. The van der Waals surface area contributed by atoms with Crippen LogP contribution < -0.4 is 4.74 Å². The summed E-state index contributed by atoms with van der Waals surface area (Å²) in [5.74, 6) is 0.417. The van der Waals surface area contributed by atoms with Crippen LogP contribution in [0, 0.1) is 17.0 Å². The van der Waals surface area contributed by atoms with E-state index in [9.17, 15) is 15.2 Å². The van der Waals surface area contributed by atoms with Crippen LogP contribution in [0.1, 0.15) is 29.8 Å². The summed E-state index contributed by atoms with van der Waals surface area (Å²) in [4.78, 5) is 14.5. The van der Waals surface area contributed by atoms with Crippen molar-refractivity contribution >= 4 is 5.69 Å². The zero-order chi connectivity index (χ0) is 15.4. The lowest BCUT2D eigenvalue weighted by Gasteiger charge is -2.13. The first-order valence-electron chi connectivity index (χ1n) is 6.48. The van der Waals surface area contributed by atoms with Gasteiger partial charge in [0.2, 0.25) is 0 Å². The van der Waals surface area contributed by atoms with Crippen LogP contribution >= 0.6 is 0 Å². The number of nitro groups is 1. The molecule has 0 aliphatic carbocycles. The van der Waals surface area contributed by atoms with Crippen molar-refractivity contribution in [2.75, 3.05) is 0 Å². The maximum atomic E-state index is 10.8. The summed E-state index contributed by atoms with van der Waals surface area (Å²) in [6, 6.07) is 7.94. The normalized spacial score (nSPS) is 12.0. The molecular weight excluding hydrogens is 272 g/mol. The molecule has 1 atom stereocenters. The minimum absolute atomic E-state index is 0.0766. The highest BCUT2D eigenvalue weighted by Crippen LogP contribution is 2.29. The van der Waals surface area contributed by atoms with Gasteiger partial charge in [0.25, 0.3) is 5.69 Å². The van der Waals surface area contributed by atoms with Gasteiger partial charge in [-0.1, -0.05) is 6.07 Å². The van der Waals surface area contributed by atoms with Gasteiger partial charge in [0.05, 0.1) is 16.7 Å². The number of aliphatic hydroxyl groups excluding tert-OH is 1. The average Bonchev–Trinajstić information content (AvgIpc) is 2.46. The molecule has 21 heavy (non-hydrogen) atoms. The molecule has 0 fully saturated rings. The SMILES string of the molecule is Cc1cccnc1COc1ccc([N+](=O)[O-])cc1C(C)O. The molecule has 1 heterocycles. The first kappa shape index (κ1) is 14.9. The van der Waals surface area contributed by atoms with Crippen molar-refractivity contribution in [3.8, 4) is 5.75 Å². The van der Waals surface area contributed by atoms with Gasteiger partial charge in [-0.05, 0) is 31.5 Å². The summed E-state index contributed by atoms with van der Waals surface area (Å²) in [7, 11) is 0. The van der Waals surface area contributed by atoms with Crippen molar-refractivity contribution in [1.29, 1.82) is 0 Å². The predicted molar refractivity (Wildman–Crippen MR) is 77.0 cm³/mol. The quantitative estimate of drug-likeness (QED) is 0.675. The molecule has 0 saturated carbocycles. The summed E-state index contributed by atoms with van der Waals surface area (Å²) in [6.45, 7) is 3.71. The number of ether oxygens (including phenoxy) is 1. The van der Waals surface area contributed by atoms with Crippen LogP contribution in [0.3, 0.4) is 0 Å². The van der Waals surface area contributed by atoms with E-state index in [-0.39, 0.29) is 12.3 Å². The standard InChI is InChI=1S/C15H16N2O4/c1-10-4-3-7-16-14(10)9-21-15-6-5-12(17(19)20)8-13(15)11(2)18/h3-8,11,18H,9H2,1-2H3. The molecule has 0 radical (unpaired) electrons. The molecule has 0 aliphatic heterocycles. The lowest BCUT2D eigenvalue weighted by atomic mass is 10.1. The van der Waals surface area contributed by atoms with Crippen LogP contribution in [0.4, 0.5) is 5.69 Å². The molecule has 6 heteroatoms. The van der Waals surface area contributed by atoms with E-state index < -0.39 is 11.0 Å². The molecule has 1 N–H and O–H groups in total. The Hall–Kier alpha value is -2.47. The molecule has 1 aromatic carbocycles. The molecule has 1 unspecified atom stereocenters. The van der Waals surface area contributed by atoms with Crippen molar-refractivity contribution < 1.29 is 14.8 Å². The summed E-state index contributed by atoms with van der Waals surface area (Å²) < 4.78 is 5.65. The Balaban J connectivity index is 2.23. The molecule has 1 aromatic heterocycles. The molecule has 2 aromatic rings. The van der Waals surface area contributed by atoms with Gasteiger partial charge in [0.1, 0.15) is 12.4 Å². The molecule has 0 aliphatic rings. The minimum Gasteiger partial charge on any atom is -0.487 e. The van der Waals surface area contributed by atoms with Gasteiger partial charge in [-0.3, -0.25) is 15.1 Å². The molecule has 0 amide bonds. The molecule has 0 bridgehead atoms. The number of nitrogens with zero attached hydrogens (tertiary/aromatic N) is 2. The van der Waals surface area contributed by atoms with E-state index in [1.807, 2.05) is 19.1 Å². The highest BCUT2D eigenvalue weighted by atomic mass is 16.6. The van der Waals surface area contributed by atoms with Crippen molar-refractivity contribution in [1.82, 2.24) is 4.98 Å².